The fraction of sp³-hybridized carbons (Fsp3) is 0.167. The Balaban J connectivity index is 1.39. The molecule has 3 aromatic rings. The number of carbonyl (C=O) groups is 1. The van der Waals surface area contributed by atoms with Crippen LogP contribution in [-0.4, -0.2) is 29.5 Å². The number of ketones is 1. The van der Waals surface area contributed by atoms with Crippen LogP contribution in [0, 0.1) is 0 Å². The van der Waals surface area contributed by atoms with E-state index >= 15 is 0 Å². The minimum atomic E-state index is -0.134. The number of methoxy groups -OCH3 is 1. The highest BCUT2D eigenvalue weighted by Gasteiger charge is 2.33. The molecule has 150 valence electrons. The van der Waals surface area contributed by atoms with Crippen LogP contribution in [0.25, 0.3) is 6.08 Å². The van der Waals surface area contributed by atoms with Gasteiger partial charge in [0, 0.05) is 25.4 Å². The summed E-state index contributed by atoms with van der Waals surface area (Å²) in [5.41, 5.74) is 3.29. The maximum Gasteiger partial charge on any atom is 0.232 e. The Morgan fingerprint density at radius 2 is 2.00 bits per heavy atom. The number of carbonyl (C=O) groups excluding carboxylic acids is 1. The number of Topliss-reactive ketones (excluding diaryl/α,β-unsaturated/α-hetero) is 1. The fourth-order valence-corrected chi connectivity index (χ4v) is 3.69. The molecule has 6 nitrogen and oxygen atoms in total. The van der Waals surface area contributed by atoms with Crippen LogP contribution in [0.1, 0.15) is 27.2 Å². The lowest BCUT2D eigenvalue weighted by Gasteiger charge is -2.29. The number of nitrogens with zero attached hydrogens (tertiary/aromatic N) is 2. The Labute approximate surface area is 174 Å². The molecule has 2 aliphatic heterocycles. The molecule has 30 heavy (non-hydrogen) atoms. The first-order valence-electron chi connectivity index (χ1n) is 9.70. The molecule has 6 heteroatoms. The molecule has 0 bridgehead atoms. The Morgan fingerprint density at radius 3 is 2.77 bits per heavy atom. The minimum Gasteiger partial charge on any atom is -0.497 e. The van der Waals surface area contributed by atoms with Crippen LogP contribution in [0.3, 0.4) is 0 Å². The third kappa shape index (κ3) is 3.42. The van der Waals surface area contributed by atoms with Crippen molar-refractivity contribution in [1.29, 1.82) is 0 Å². The maximum absolute atomic E-state index is 12.8. The summed E-state index contributed by atoms with van der Waals surface area (Å²) in [5, 5.41) is 0. The summed E-state index contributed by atoms with van der Waals surface area (Å²) in [7, 11) is 1.66. The van der Waals surface area contributed by atoms with Gasteiger partial charge < -0.3 is 14.2 Å². The first-order chi connectivity index (χ1) is 14.7. The second kappa shape index (κ2) is 7.65. The van der Waals surface area contributed by atoms with Crippen molar-refractivity contribution in [3.63, 3.8) is 0 Å². The van der Waals surface area contributed by atoms with E-state index in [2.05, 4.69) is 9.88 Å². The monoisotopic (exact) mass is 400 g/mol. The van der Waals surface area contributed by atoms with Crippen LogP contribution in [0.5, 0.6) is 17.2 Å². The molecule has 2 aliphatic rings. The molecule has 0 radical (unpaired) electrons. The lowest BCUT2D eigenvalue weighted by atomic mass is 10.0. The largest absolute Gasteiger partial charge is 0.497 e. The molecule has 1 aromatic heterocycles. The van der Waals surface area contributed by atoms with Crippen molar-refractivity contribution >= 4 is 11.9 Å². The molecule has 0 amide bonds. The SMILES string of the molecule is COc1ccc(CN2COc3ccc4c(c3C2)O/C(=C\c2ccccn2)C4=O)cc1. The van der Waals surface area contributed by atoms with Crippen molar-refractivity contribution in [2.45, 2.75) is 13.1 Å². The summed E-state index contributed by atoms with van der Waals surface area (Å²) in [6.45, 7) is 1.83. The van der Waals surface area contributed by atoms with E-state index in [0.717, 1.165) is 29.2 Å². The van der Waals surface area contributed by atoms with Crippen molar-refractivity contribution in [2.24, 2.45) is 0 Å². The van der Waals surface area contributed by atoms with Gasteiger partial charge in [-0.3, -0.25) is 14.7 Å². The van der Waals surface area contributed by atoms with E-state index in [-0.39, 0.29) is 11.5 Å². The lowest BCUT2D eigenvalue weighted by Crippen LogP contribution is -2.31. The van der Waals surface area contributed by atoms with Gasteiger partial charge in [0.15, 0.2) is 5.76 Å². The molecular weight excluding hydrogens is 380 g/mol. The summed E-state index contributed by atoms with van der Waals surface area (Å²) in [6, 6.07) is 17.1. The highest BCUT2D eigenvalue weighted by Crippen LogP contribution is 2.42. The number of benzene rings is 2. The number of fused-ring (bicyclic) bond motifs is 3. The van der Waals surface area contributed by atoms with Gasteiger partial charge in [0.1, 0.15) is 24.0 Å². The number of allylic oxidation sites excluding steroid dienone is 1. The van der Waals surface area contributed by atoms with Crippen molar-refractivity contribution in [1.82, 2.24) is 9.88 Å². The van der Waals surface area contributed by atoms with Crippen molar-refractivity contribution in [3.05, 3.63) is 88.9 Å². The summed E-state index contributed by atoms with van der Waals surface area (Å²) in [6.07, 6.45) is 3.36. The van der Waals surface area contributed by atoms with E-state index < -0.39 is 0 Å². The van der Waals surface area contributed by atoms with Gasteiger partial charge in [0.05, 0.1) is 23.9 Å². The molecule has 0 N–H and O–H groups in total. The fourth-order valence-electron chi connectivity index (χ4n) is 3.69. The zero-order valence-corrected chi connectivity index (χ0v) is 16.5. The first kappa shape index (κ1) is 18.4. The van der Waals surface area contributed by atoms with Gasteiger partial charge in [0.25, 0.3) is 0 Å². The first-order valence-corrected chi connectivity index (χ1v) is 9.70. The molecule has 0 spiro atoms. The maximum atomic E-state index is 12.8. The predicted molar refractivity (Wildman–Crippen MR) is 111 cm³/mol. The van der Waals surface area contributed by atoms with Crippen LogP contribution < -0.4 is 14.2 Å². The van der Waals surface area contributed by atoms with Gasteiger partial charge in [-0.2, -0.15) is 0 Å². The minimum absolute atomic E-state index is 0.134. The quantitative estimate of drug-likeness (QED) is 0.616. The molecule has 0 fully saturated rings. The Morgan fingerprint density at radius 1 is 1.13 bits per heavy atom. The van der Waals surface area contributed by atoms with Crippen LogP contribution in [0.15, 0.2) is 66.6 Å². The second-order valence-electron chi connectivity index (χ2n) is 7.22. The van der Waals surface area contributed by atoms with Crippen molar-refractivity contribution in [2.75, 3.05) is 13.8 Å². The number of pyridine rings is 1. The van der Waals surface area contributed by atoms with Crippen molar-refractivity contribution < 1.29 is 19.0 Å². The van der Waals surface area contributed by atoms with Gasteiger partial charge in [-0.15, -0.1) is 0 Å². The topological polar surface area (TPSA) is 60.9 Å². The summed E-state index contributed by atoms with van der Waals surface area (Å²) in [5.74, 6) is 2.32. The van der Waals surface area contributed by atoms with Gasteiger partial charge in [0.2, 0.25) is 5.78 Å². The van der Waals surface area contributed by atoms with E-state index in [1.165, 1.54) is 0 Å². The molecular formula is C24H20N2O4. The lowest BCUT2D eigenvalue weighted by molar-refractivity contribution is 0.0872. The molecule has 0 saturated heterocycles. The molecule has 2 aromatic carbocycles. The van der Waals surface area contributed by atoms with Gasteiger partial charge in [-0.1, -0.05) is 18.2 Å². The average molecular weight is 400 g/mol. The molecule has 3 heterocycles. The number of rotatable bonds is 4. The number of ether oxygens (including phenoxy) is 3. The Bertz CT molecular complexity index is 1120. The summed E-state index contributed by atoms with van der Waals surface area (Å²) in [4.78, 5) is 19.2. The van der Waals surface area contributed by atoms with Gasteiger partial charge in [-0.05, 0) is 42.0 Å². The van der Waals surface area contributed by atoms with Gasteiger partial charge in [-0.25, -0.2) is 0 Å². The van der Waals surface area contributed by atoms with Crippen LogP contribution in [0.2, 0.25) is 0 Å². The van der Waals surface area contributed by atoms with Crippen molar-refractivity contribution in [3.8, 4) is 17.2 Å². The summed E-state index contributed by atoms with van der Waals surface area (Å²) < 4.78 is 17.2. The van der Waals surface area contributed by atoms with E-state index in [0.29, 0.717) is 30.3 Å². The van der Waals surface area contributed by atoms with Crippen LogP contribution in [0.4, 0.5) is 0 Å². The number of hydrogen-bond acceptors (Lipinski definition) is 6. The molecule has 0 aliphatic carbocycles. The third-order valence-electron chi connectivity index (χ3n) is 5.21. The van der Waals surface area contributed by atoms with E-state index in [1.807, 2.05) is 48.5 Å². The van der Waals surface area contributed by atoms with E-state index in [4.69, 9.17) is 14.2 Å². The zero-order valence-electron chi connectivity index (χ0n) is 16.5. The molecule has 5 rings (SSSR count). The normalized spacial score (nSPS) is 16.6. The average Bonchev–Trinajstić information content (AvgIpc) is 3.11. The molecule has 0 saturated carbocycles. The molecule has 0 atom stereocenters. The zero-order chi connectivity index (χ0) is 20.5. The highest BCUT2D eigenvalue weighted by molar-refractivity contribution is 6.14. The highest BCUT2D eigenvalue weighted by atomic mass is 16.5. The smallest absolute Gasteiger partial charge is 0.232 e. The van der Waals surface area contributed by atoms with Crippen LogP contribution >= 0.6 is 0 Å². The second-order valence-corrected chi connectivity index (χ2v) is 7.22. The predicted octanol–water partition coefficient (Wildman–Crippen LogP) is 4.06. The number of hydrogen-bond donors (Lipinski definition) is 0. The van der Waals surface area contributed by atoms with E-state index in [9.17, 15) is 4.79 Å². The Hall–Kier alpha value is -3.64. The van der Waals surface area contributed by atoms with Gasteiger partial charge >= 0.3 is 0 Å². The standard InChI is InChI=1S/C24H20N2O4/c1-28-18-7-5-16(6-8-18)13-26-14-20-21(29-15-26)10-9-19-23(27)22(30-24(19)20)12-17-4-2-3-11-25-17/h2-12H,13-15H2,1H3/b22-12-. The van der Waals surface area contributed by atoms with Crippen LogP contribution in [-0.2, 0) is 13.1 Å². The number of aromatic nitrogens is 1. The Kier molecular flexibility index (Phi) is 4.69. The molecule has 0 unspecified atom stereocenters. The van der Waals surface area contributed by atoms with E-state index in [1.54, 1.807) is 25.4 Å². The third-order valence-corrected chi connectivity index (χ3v) is 5.21. The summed E-state index contributed by atoms with van der Waals surface area (Å²) >= 11 is 0.